The van der Waals surface area contributed by atoms with Crippen LogP contribution in [-0.2, 0) is 64.0 Å². The number of primary amides is 3. The van der Waals surface area contributed by atoms with E-state index in [1.165, 1.54) is 24.3 Å². The molecule has 0 radical (unpaired) electrons. The maximum Gasteiger partial charge on any atom is 0.305 e. The second-order valence-corrected chi connectivity index (χ2v) is 19.2. The van der Waals surface area contributed by atoms with Crippen molar-refractivity contribution in [1.82, 2.24) is 42.1 Å². The molecule has 0 saturated carbocycles. The Balaban J connectivity index is 2.12. The van der Waals surface area contributed by atoms with E-state index in [1.807, 2.05) is 0 Å². The zero-order valence-electron chi connectivity index (χ0n) is 42.6. The molecule has 3 rings (SSSR count). The van der Waals surface area contributed by atoms with Gasteiger partial charge in [0.05, 0.1) is 25.9 Å². The van der Waals surface area contributed by atoms with Crippen LogP contribution in [0.15, 0.2) is 24.3 Å². The number of aliphatic hydroxyl groups is 1. The van der Waals surface area contributed by atoms with E-state index >= 15 is 0 Å². The second kappa shape index (κ2) is 31.4. The highest BCUT2D eigenvalue weighted by Crippen LogP contribution is 2.21. The summed E-state index contributed by atoms with van der Waals surface area (Å²) in [6.45, 7) is 3.21. The number of aliphatic hydroxyl groups excluding tert-OH is 1. The maximum atomic E-state index is 14.3. The number of aliphatic carboxylic acids is 1. The molecule has 9 atom stereocenters. The van der Waals surface area contributed by atoms with Crippen molar-refractivity contribution in [2.24, 2.45) is 23.1 Å². The largest absolute Gasteiger partial charge is 0.508 e. The van der Waals surface area contributed by atoms with Gasteiger partial charge in [-0.15, -0.1) is 0 Å². The summed E-state index contributed by atoms with van der Waals surface area (Å²) >= 11 is 0. The zero-order valence-corrected chi connectivity index (χ0v) is 42.6. The van der Waals surface area contributed by atoms with Gasteiger partial charge >= 0.3 is 5.97 Å². The molecule has 2 fully saturated rings. The molecule has 0 aromatic heterocycles. The number of rotatable bonds is 22. The molecule has 416 valence electrons. The van der Waals surface area contributed by atoms with Crippen LogP contribution in [0, 0.1) is 5.92 Å². The molecule has 2 saturated heterocycles. The topological polar surface area (TPSA) is 431 Å². The van der Waals surface area contributed by atoms with Gasteiger partial charge in [-0.05, 0) is 49.3 Å². The van der Waals surface area contributed by atoms with Gasteiger partial charge < -0.3 is 74.6 Å². The fourth-order valence-corrected chi connectivity index (χ4v) is 8.68. The average molecular weight is 1060 g/mol. The molecule has 26 nitrogen and oxygen atoms in total. The van der Waals surface area contributed by atoms with Crippen molar-refractivity contribution in [2.75, 3.05) is 13.2 Å². The van der Waals surface area contributed by atoms with Crippen molar-refractivity contribution >= 4 is 70.9 Å². The van der Waals surface area contributed by atoms with Gasteiger partial charge in [0.1, 0.15) is 48.0 Å². The highest BCUT2D eigenvalue weighted by Gasteiger charge is 2.41. The van der Waals surface area contributed by atoms with Crippen molar-refractivity contribution in [3.63, 3.8) is 0 Å². The van der Waals surface area contributed by atoms with Gasteiger partial charge in [0.15, 0.2) is 0 Å². The number of nitrogens with two attached hydrogens (primary N) is 3. The first-order chi connectivity index (χ1) is 35.5. The predicted octanol–water partition coefficient (Wildman–Crippen LogP) is -2.63. The molecule has 11 amide bonds. The molecule has 9 unspecified atom stereocenters. The third kappa shape index (κ3) is 21.9. The number of carbonyl (C=O) groups excluding carboxylic acids is 11. The number of benzene rings is 1. The number of phenols is 1. The smallest absolute Gasteiger partial charge is 0.305 e. The summed E-state index contributed by atoms with van der Waals surface area (Å²) in [7, 11) is 0. The number of carbonyl (C=O) groups is 12. The number of carboxylic acids is 1. The van der Waals surface area contributed by atoms with Crippen molar-refractivity contribution in [1.29, 1.82) is 0 Å². The summed E-state index contributed by atoms with van der Waals surface area (Å²) in [4.78, 5) is 162. The molecule has 16 N–H and O–H groups in total. The monoisotopic (exact) mass is 1060 g/mol. The predicted molar refractivity (Wildman–Crippen MR) is 266 cm³/mol. The Morgan fingerprint density at radius 1 is 0.627 bits per heavy atom. The molecule has 26 heteroatoms. The number of nitrogens with one attached hydrogen (secondary N) is 7. The van der Waals surface area contributed by atoms with E-state index in [1.54, 1.807) is 0 Å². The first kappa shape index (κ1) is 61.9. The summed E-state index contributed by atoms with van der Waals surface area (Å²) in [6, 6.07) is -7.70. The molecule has 75 heavy (non-hydrogen) atoms. The highest BCUT2D eigenvalue weighted by atomic mass is 16.4. The third-order valence-electron chi connectivity index (χ3n) is 13.0. The number of carboxylic acid groups (broad SMARTS) is 1. The first-order valence-electron chi connectivity index (χ1n) is 25.4. The van der Waals surface area contributed by atoms with Crippen LogP contribution in [0.1, 0.15) is 129 Å². The molecule has 1 aromatic carbocycles. The Hall–Kier alpha value is -7.38. The number of nitrogens with zero attached hydrogens (tertiary/aromatic N) is 1. The van der Waals surface area contributed by atoms with Crippen LogP contribution >= 0.6 is 0 Å². The minimum atomic E-state index is -1.88. The molecule has 0 spiro atoms. The molecule has 2 aliphatic heterocycles. The minimum Gasteiger partial charge on any atom is -0.508 e. The van der Waals surface area contributed by atoms with Crippen molar-refractivity contribution < 1.29 is 72.9 Å². The van der Waals surface area contributed by atoms with Crippen LogP contribution in [-0.4, -0.2) is 153 Å². The number of phenolic OH excluding ortho intramolecular Hbond substituents is 1. The van der Waals surface area contributed by atoms with Crippen LogP contribution in [0.3, 0.4) is 0 Å². The fourth-order valence-electron chi connectivity index (χ4n) is 8.68. The van der Waals surface area contributed by atoms with Crippen LogP contribution in [0.4, 0.5) is 0 Å². The Morgan fingerprint density at radius 2 is 1.13 bits per heavy atom. The van der Waals surface area contributed by atoms with Crippen molar-refractivity contribution in [3.05, 3.63) is 29.8 Å². The van der Waals surface area contributed by atoms with Crippen molar-refractivity contribution in [2.45, 2.75) is 178 Å². The Labute approximate surface area is 434 Å². The van der Waals surface area contributed by atoms with Crippen LogP contribution in [0.2, 0.25) is 0 Å². The zero-order chi connectivity index (χ0) is 55.8. The summed E-state index contributed by atoms with van der Waals surface area (Å²) in [5, 5.41) is 46.9. The van der Waals surface area contributed by atoms with Crippen LogP contribution in [0.25, 0.3) is 0 Å². The Bertz CT molecular complexity index is 2200. The Kier molecular flexibility index (Phi) is 25.9. The maximum absolute atomic E-state index is 14.3. The first-order valence-corrected chi connectivity index (χ1v) is 25.4. The number of fused-ring (bicyclic) bond motifs is 1. The SMILES string of the molecule is CCC(C)CCCCCCCCC1CC(=O)NC(CC(=O)O)C(=O)NC(Cc2ccc(O)cc2)C(=O)NC(CC(N)=O)C(=O)NC(CCC(N)=O)C(=O)N2CCCC2C(=O)NC(CC(N)=O)C(=O)NC(CO)C(=O)N1. The van der Waals surface area contributed by atoms with Gasteiger partial charge in [-0.25, -0.2) is 0 Å². The highest BCUT2D eigenvalue weighted by molar-refractivity contribution is 6.00. The number of hydrogen-bond acceptors (Lipinski definition) is 14. The number of aromatic hydroxyl groups is 1. The standard InChI is InChI=1S/C49H75N11O15/c1-3-27(2)11-8-6-4-5-7-9-12-29-22-41(66)54-35(25-42(67)68)46(72)56-32(21-28-14-16-30(62)17-15-28)43(69)57-33(23-39(51)64)44(70)55-31(18-19-38(50)63)49(75)60-20-10-13-37(60)48(74)58-34(24-40(52)65)45(71)59-36(26-61)47(73)53-29/h14-17,27,29,31-37,61-62H,3-13,18-26H2,1-2H3,(H2,50,63)(H2,51,64)(H2,52,65)(H,53,73)(H,54,66)(H,55,70)(H,56,72)(H,57,69)(H,58,74)(H,59,71)(H,67,68). The average Bonchev–Trinajstić information content (AvgIpc) is 3.84. The number of amides is 11. The van der Waals surface area contributed by atoms with E-state index in [4.69, 9.17) is 17.2 Å². The second-order valence-electron chi connectivity index (χ2n) is 19.2. The third-order valence-corrected chi connectivity index (χ3v) is 13.0. The number of hydrogen-bond donors (Lipinski definition) is 13. The van der Waals surface area contributed by atoms with Gasteiger partial charge in [-0.3, -0.25) is 57.5 Å². The van der Waals surface area contributed by atoms with E-state index in [-0.39, 0.29) is 38.0 Å². The van der Waals surface area contributed by atoms with Crippen LogP contribution < -0.4 is 54.4 Å². The Morgan fingerprint density at radius 3 is 1.69 bits per heavy atom. The summed E-state index contributed by atoms with van der Waals surface area (Å²) in [5.74, 6) is -12.8. The molecular formula is C49H75N11O15. The molecular weight excluding hydrogens is 983 g/mol. The van der Waals surface area contributed by atoms with Gasteiger partial charge in [0, 0.05) is 31.8 Å². The molecule has 0 aliphatic carbocycles. The summed E-state index contributed by atoms with van der Waals surface area (Å²) < 4.78 is 0. The van der Waals surface area contributed by atoms with E-state index in [9.17, 15) is 72.9 Å². The molecule has 1 aromatic rings. The molecule has 2 aliphatic rings. The summed E-state index contributed by atoms with van der Waals surface area (Å²) in [6.07, 6.45) is 2.88. The van der Waals surface area contributed by atoms with Crippen LogP contribution in [0.5, 0.6) is 5.75 Å². The van der Waals surface area contributed by atoms with Gasteiger partial charge in [0.2, 0.25) is 65.0 Å². The molecule has 0 bridgehead atoms. The van der Waals surface area contributed by atoms with E-state index < -0.39 is 164 Å². The molecule has 2 heterocycles. The lowest BCUT2D eigenvalue weighted by atomic mass is 9.99. The minimum absolute atomic E-state index is 0.00430. The number of unbranched alkanes of at least 4 members (excludes halogenated alkanes) is 5. The lowest BCUT2D eigenvalue weighted by Crippen LogP contribution is -2.60. The fraction of sp³-hybridized carbons (Fsp3) is 0.633. The van der Waals surface area contributed by atoms with E-state index in [2.05, 4.69) is 51.1 Å². The van der Waals surface area contributed by atoms with Gasteiger partial charge in [-0.2, -0.15) is 0 Å². The van der Waals surface area contributed by atoms with E-state index in [0.29, 0.717) is 24.3 Å². The summed E-state index contributed by atoms with van der Waals surface area (Å²) in [5.41, 5.74) is 16.6. The van der Waals surface area contributed by atoms with E-state index in [0.717, 1.165) is 43.4 Å². The quantitative estimate of drug-likeness (QED) is 0.0529. The normalized spacial score (nSPS) is 24.3. The van der Waals surface area contributed by atoms with Gasteiger partial charge in [-0.1, -0.05) is 77.3 Å². The van der Waals surface area contributed by atoms with Crippen molar-refractivity contribution in [3.8, 4) is 5.75 Å². The lowest BCUT2D eigenvalue weighted by Gasteiger charge is -2.31. The lowest BCUT2D eigenvalue weighted by molar-refractivity contribution is -0.143. The van der Waals surface area contributed by atoms with Gasteiger partial charge in [0.25, 0.3) is 0 Å².